The number of ether oxygens (including phenoxy) is 1. The second-order valence-electron chi connectivity index (χ2n) is 7.02. The zero-order valence-corrected chi connectivity index (χ0v) is 16.2. The average molecular weight is 378 g/mol. The van der Waals surface area contributed by atoms with Crippen LogP contribution in [-0.2, 0) is 0 Å². The van der Waals surface area contributed by atoms with Crippen LogP contribution in [0.4, 0.5) is 5.82 Å². The molecule has 6 heteroatoms. The summed E-state index contributed by atoms with van der Waals surface area (Å²) in [4.78, 5) is 7.05. The molecule has 2 aromatic rings. The second-order valence-corrected chi connectivity index (χ2v) is 7.40. The lowest BCUT2D eigenvalue weighted by Crippen LogP contribution is -3.16. The van der Waals surface area contributed by atoms with Crippen LogP contribution >= 0.6 is 11.6 Å². The van der Waals surface area contributed by atoms with E-state index >= 15 is 0 Å². The van der Waals surface area contributed by atoms with Gasteiger partial charge in [0.1, 0.15) is 51.2 Å². The number of halogens is 1. The SMILES string of the molecule is Cc1cc(OC[C@@H](O)C[NH+]2CCN(c3cccc[nH+]3)CC2)cc(C)c1Cl. The summed E-state index contributed by atoms with van der Waals surface area (Å²) in [5.74, 6) is 1.92. The molecule has 1 aliphatic rings. The van der Waals surface area contributed by atoms with E-state index in [-0.39, 0.29) is 0 Å². The van der Waals surface area contributed by atoms with E-state index in [0.29, 0.717) is 13.2 Å². The monoisotopic (exact) mass is 377 g/mol. The first-order chi connectivity index (χ1) is 12.5. The lowest BCUT2D eigenvalue weighted by atomic mass is 10.1. The first-order valence-electron chi connectivity index (χ1n) is 9.16. The standard InChI is InChI=1S/C20H26ClN3O2/c1-15-11-18(12-16(2)20(15)21)26-14-17(25)13-23-7-9-24(10-8-23)19-5-3-4-6-22-19/h3-6,11-12,17,25H,7-10,13-14H2,1-2H3/p+2/t17-/m0/s1. The maximum Gasteiger partial charge on any atom is 0.274 e. The number of nitrogens with zero attached hydrogens (tertiary/aromatic N) is 1. The van der Waals surface area contributed by atoms with Crippen molar-refractivity contribution < 1.29 is 19.7 Å². The third-order valence-electron chi connectivity index (χ3n) is 4.88. The Morgan fingerprint density at radius 2 is 1.92 bits per heavy atom. The Labute approximate surface area is 160 Å². The molecule has 0 radical (unpaired) electrons. The zero-order chi connectivity index (χ0) is 18.5. The van der Waals surface area contributed by atoms with Crippen molar-refractivity contribution in [3.63, 3.8) is 0 Å². The molecule has 140 valence electrons. The van der Waals surface area contributed by atoms with Gasteiger partial charge in [-0.05, 0) is 43.2 Å². The van der Waals surface area contributed by atoms with Gasteiger partial charge in [-0.25, -0.2) is 4.98 Å². The fourth-order valence-electron chi connectivity index (χ4n) is 3.42. The Morgan fingerprint density at radius 3 is 2.54 bits per heavy atom. The maximum absolute atomic E-state index is 10.3. The minimum Gasteiger partial charge on any atom is -0.491 e. The van der Waals surface area contributed by atoms with Crippen LogP contribution in [0.15, 0.2) is 36.5 Å². The van der Waals surface area contributed by atoms with E-state index in [4.69, 9.17) is 16.3 Å². The summed E-state index contributed by atoms with van der Waals surface area (Å²) in [5, 5.41) is 11.1. The Kier molecular flexibility index (Phi) is 6.35. The molecule has 3 rings (SSSR count). The minimum atomic E-state index is -0.476. The first-order valence-corrected chi connectivity index (χ1v) is 9.53. The number of aromatic amines is 1. The summed E-state index contributed by atoms with van der Waals surface area (Å²) in [5.41, 5.74) is 1.99. The van der Waals surface area contributed by atoms with E-state index < -0.39 is 6.10 Å². The largest absolute Gasteiger partial charge is 0.491 e. The lowest BCUT2D eigenvalue weighted by Gasteiger charge is -2.29. The molecular weight excluding hydrogens is 350 g/mol. The van der Waals surface area contributed by atoms with Crippen molar-refractivity contribution in [3.05, 3.63) is 52.7 Å². The van der Waals surface area contributed by atoms with Crippen LogP contribution in [0.5, 0.6) is 5.75 Å². The highest BCUT2D eigenvalue weighted by Gasteiger charge is 2.27. The van der Waals surface area contributed by atoms with E-state index in [9.17, 15) is 5.11 Å². The van der Waals surface area contributed by atoms with Crippen LogP contribution < -0.4 is 19.5 Å². The highest BCUT2D eigenvalue weighted by molar-refractivity contribution is 6.32. The summed E-state index contributed by atoms with van der Waals surface area (Å²) >= 11 is 6.18. The molecule has 0 amide bonds. The molecule has 0 unspecified atom stereocenters. The zero-order valence-electron chi connectivity index (χ0n) is 15.5. The second kappa shape index (κ2) is 8.71. The van der Waals surface area contributed by atoms with Gasteiger partial charge in [-0.1, -0.05) is 17.7 Å². The van der Waals surface area contributed by atoms with Crippen LogP contribution in [0, 0.1) is 13.8 Å². The van der Waals surface area contributed by atoms with Gasteiger partial charge in [0.05, 0.1) is 6.20 Å². The molecule has 1 aromatic carbocycles. The van der Waals surface area contributed by atoms with Crippen molar-refractivity contribution in [1.82, 2.24) is 0 Å². The van der Waals surface area contributed by atoms with Crippen LogP contribution in [0.1, 0.15) is 11.1 Å². The molecule has 2 heterocycles. The van der Waals surface area contributed by atoms with Gasteiger partial charge in [-0.2, -0.15) is 0 Å². The third-order valence-corrected chi connectivity index (χ3v) is 5.48. The molecule has 3 N–H and O–H groups in total. The van der Waals surface area contributed by atoms with Crippen molar-refractivity contribution in [2.45, 2.75) is 20.0 Å². The highest BCUT2D eigenvalue weighted by atomic mass is 35.5. The van der Waals surface area contributed by atoms with Crippen LogP contribution in [-0.4, -0.2) is 50.5 Å². The number of anilines is 1. The van der Waals surface area contributed by atoms with Gasteiger partial charge in [-0.15, -0.1) is 0 Å². The topological polar surface area (TPSA) is 51.3 Å². The predicted octanol–water partition coefficient (Wildman–Crippen LogP) is 0.916. The summed E-state index contributed by atoms with van der Waals surface area (Å²) in [7, 11) is 0. The third kappa shape index (κ3) is 4.87. The molecule has 1 saturated heterocycles. The van der Waals surface area contributed by atoms with Gasteiger partial charge in [0.15, 0.2) is 0 Å². The number of piperazine rings is 1. The van der Waals surface area contributed by atoms with Gasteiger partial charge < -0.3 is 14.7 Å². The minimum absolute atomic E-state index is 0.306. The van der Waals surface area contributed by atoms with E-state index in [0.717, 1.165) is 53.9 Å². The fraction of sp³-hybridized carbons (Fsp3) is 0.450. The highest BCUT2D eigenvalue weighted by Crippen LogP contribution is 2.25. The van der Waals surface area contributed by atoms with Crippen LogP contribution in [0.3, 0.4) is 0 Å². The maximum atomic E-state index is 10.3. The van der Waals surface area contributed by atoms with Crippen LogP contribution in [0.25, 0.3) is 0 Å². The molecule has 1 aromatic heterocycles. The number of aromatic nitrogens is 1. The number of aliphatic hydroxyl groups is 1. The van der Waals surface area contributed by atoms with Crippen LogP contribution in [0.2, 0.25) is 5.02 Å². The van der Waals surface area contributed by atoms with E-state index in [1.165, 1.54) is 4.90 Å². The smallest absolute Gasteiger partial charge is 0.274 e. The fourth-order valence-corrected chi connectivity index (χ4v) is 3.53. The summed E-state index contributed by atoms with van der Waals surface area (Å²) in [6.45, 7) is 8.94. The number of aryl methyl sites for hydroxylation is 2. The van der Waals surface area contributed by atoms with Crippen molar-refractivity contribution in [3.8, 4) is 5.75 Å². The molecule has 0 saturated carbocycles. The van der Waals surface area contributed by atoms with Gasteiger partial charge in [-0.3, -0.25) is 4.90 Å². The average Bonchev–Trinajstić information content (AvgIpc) is 2.65. The Bertz CT molecular complexity index is 695. The van der Waals surface area contributed by atoms with E-state index in [2.05, 4.69) is 16.0 Å². The number of rotatable bonds is 6. The number of nitrogens with one attached hydrogen (secondary N) is 2. The molecule has 0 spiro atoms. The Balaban J connectivity index is 1.44. The Morgan fingerprint density at radius 1 is 1.23 bits per heavy atom. The van der Waals surface area contributed by atoms with Crippen molar-refractivity contribution >= 4 is 17.4 Å². The van der Waals surface area contributed by atoms with Gasteiger partial charge in [0.2, 0.25) is 0 Å². The molecule has 1 aliphatic heterocycles. The van der Waals surface area contributed by atoms with Crippen molar-refractivity contribution in [2.75, 3.05) is 44.2 Å². The molecule has 0 aliphatic carbocycles. The van der Waals surface area contributed by atoms with Gasteiger partial charge >= 0.3 is 0 Å². The number of quaternary nitrogens is 1. The molecule has 1 atom stereocenters. The number of hydrogen-bond donors (Lipinski definition) is 2. The summed E-state index contributed by atoms with van der Waals surface area (Å²) in [6, 6.07) is 9.98. The van der Waals surface area contributed by atoms with Gasteiger partial charge in [0.25, 0.3) is 5.82 Å². The molecule has 0 bridgehead atoms. The quantitative estimate of drug-likeness (QED) is 0.787. The summed E-state index contributed by atoms with van der Waals surface area (Å²) < 4.78 is 5.78. The molecule has 5 nitrogen and oxygen atoms in total. The van der Waals surface area contributed by atoms with Gasteiger partial charge in [0, 0.05) is 11.1 Å². The number of hydrogen-bond acceptors (Lipinski definition) is 3. The number of H-pyrrole nitrogens is 1. The summed E-state index contributed by atoms with van der Waals surface area (Å²) in [6.07, 6.45) is 1.48. The molecule has 26 heavy (non-hydrogen) atoms. The van der Waals surface area contributed by atoms with Crippen molar-refractivity contribution in [1.29, 1.82) is 0 Å². The van der Waals surface area contributed by atoms with Crippen molar-refractivity contribution in [2.24, 2.45) is 0 Å². The first kappa shape index (κ1) is 19.0. The predicted molar refractivity (Wildman–Crippen MR) is 103 cm³/mol. The number of pyridine rings is 1. The number of benzene rings is 1. The number of aliphatic hydroxyl groups excluding tert-OH is 1. The van der Waals surface area contributed by atoms with E-state index in [1.54, 1.807) is 0 Å². The molecular formula is C20H28ClN3O2+2. The Hall–Kier alpha value is -1.82. The molecule has 1 fully saturated rings. The normalized spacial score (nSPS) is 16.5. The lowest BCUT2D eigenvalue weighted by molar-refractivity contribution is -0.903. The van der Waals surface area contributed by atoms with E-state index in [1.807, 2.05) is 44.3 Å².